The molecule has 1 fully saturated rings. The zero-order valence-corrected chi connectivity index (χ0v) is 16.0. The number of likely N-dealkylation sites (N-methyl/N-ethyl adjacent to an activating group) is 1. The Bertz CT molecular complexity index is 919. The third-order valence-electron chi connectivity index (χ3n) is 6.03. The van der Waals surface area contributed by atoms with E-state index < -0.39 is 11.5 Å². The fraction of sp³-hybridized carbons (Fsp3) is 0.409. The van der Waals surface area contributed by atoms with Gasteiger partial charge in [0.05, 0.1) is 12.2 Å². The number of carboxylic acids is 1. The fourth-order valence-corrected chi connectivity index (χ4v) is 4.30. The molecule has 1 saturated carbocycles. The van der Waals surface area contributed by atoms with Crippen molar-refractivity contribution >= 4 is 11.9 Å². The molecule has 0 radical (unpaired) electrons. The van der Waals surface area contributed by atoms with Crippen molar-refractivity contribution in [3.8, 4) is 16.9 Å². The van der Waals surface area contributed by atoms with Gasteiger partial charge in [-0.05, 0) is 42.2 Å². The Morgan fingerprint density at radius 3 is 2.64 bits per heavy atom. The van der Waals surface area contributed by atoms with Gasteiger partial charge in [-0.25, -0.2) is 4.79 Å². The van der Waals surface area contributed by atoms with Gasteiger partial charge in [0.2, 0.25) is 0 Å². The van der Waals surface area contributed by atoms with Crippen LogP contribution in [0, 0.1) is 0 Å². The predicted molar refractivity (Wildman–Crippen MR) is 104 cm³/mol. The van der Waals surface area contributed by atoms with Crippen LogP contribution in [0.2, 0.25) is 0 Å². The molecule has 0 saturated heterocycles. The van der Waals surface area contributed by atoms with Crippen LogP contribution in [0.5, 0.6) is 5.75 Å². The molecule has 6 heteroatoms. The van der Waals surface area contributed by atoms with Crippen molar-refractivity contribution in [2.45, 2.75) is 44.1 Å². The number of fused-ring (bicyclic) bond motifs is 1. The van der Waals surface area contributed by atoms with E-state index in [1.165, 1.54) is 11.1 Å². The van der Waals surface area contributed by atoms with Gasteiger partial charge in [0, 0.05) is 31.4 Å². The Hall–Kier alpha value is -2.89. The second kappa shape index (κ2) is 7.26. The van der Waals surface area contributed by atoms with Gasteiger partial charge in [-0.15, -0.1) is 0 Å². The van der Waals surface area contributed by atoms with E-state index in [1.807, 2.05) is 12.1 Å². The number of carboxylic acid groups (broad SMARTS) is 1. The molecular weight excluding hydrogens is 356 g/mol. The van der Waals surface area contributed by atoms with Crippen LogP contribution < -0.4 is 4.74 Å². The number of rotatable bonds is 4. The smallest absolute Gasteiger partial charge is 0.329 e. The highest BCUT2D eigenvalue weighted by Crippen LogP contribution is 2.35. The lowest BCUT2D eigenvalue weighted by Crippen LogP contribution is -2.56. The molecule has 1 aliphatic heterocycles. The average Bonchev–Trinajstić information content (AvgIpc) is 3.21. The van der Waals surface area contributed by atoms with Crippen LogP contribution in [-0.4, -0.2) is 46.1 Å². The summed E-state index contributed by atoms with van der Waals surface area (Å²) in [6, 6.07) is 7.76. The predicted octanol–water partition coefficient (Wildman–Crippen LogP) is 3.54. The summed E-state index contributed by atoms with van der Waals surface area (Å²) in [5.41, 5.74) is 2.24. The third kappa shape index (κ3) is 3.13. The van der Waals surface area contributed by atoms with Crippen molar-refractivity contribution in [2.75, 3.05) is 13.7 Å². The van der Waals surface area contributed by atoms with Gasteiger partial charge < -0.3 is 14.7 Å². The standard InChI is InChI=1S/C22H24N2O4/c1-24(22(21(26)27)8-3-2-4-9-22)20(25)18-12-17(13-23-14-18)15-5-6-19-16(11-15)7-10-28-19/h5-6,11-14H,2-4,7-10H2,1H3,(H,26,27). The van der Waals surface area contributed by atoms with Crippen molar-refractivity contribution in [1.82, 2.24) is 9.88 Å². The molecule has 1 aromatic heterocycles. The minimum atomic E-state index is -1.13. The molecule has 2 aliphatic rings. The monoisotopic (exact) mass is 380 g/mol. The summed E-state index contributed by atoms with van der Waals surface area (Å²) in [6.45, 7) is 0.692. The van der Waals surface area contributed by atoms with Crippen LogP contribution in [0.15, 0.2) is 36.7 Å². The van der Waals surface area contributed by atoms with Crippen LogP contribution in [0.3, 0.4) is 0 Å². The average molecular weight is 380 g/mol. The zero-order chi connectivity index (χ0) is 19.7. The number of carbonyl (C=O) groups is 2. The first-order valence-corrected chi connectivity index (χ1v) is 9.74. The molecule has 1 N–H and O–H groups in total. The molecule has 1 amide bonds. The lowest BCUT2D eigenvalue weighted by Gasteiger charge is -2.41. The molecule has 6 nitrogen and oxygen atoms in total. The Morgan fingerprint density at radius 2 is 1.89 bits per heavy atom. The van der Waals surface area contributed by atoms with E-state index in [0.29, 0.717) is 25.0 Å². The molecule has 0 bridgehead atoms. The summed E-state index contributed by atoms with van der Waals surface area (Å²) in [4.78, 5) is 30.8. The largest absolute Gasteiger partial charge is 0.493 e. The number of carbonyl (C=O) groups excluding carboxylic acids is 1. The van der Waals surface area contributed by atoms with E-state index >= 15 is 0 Å². The highest BCUT2D eigenvalue weighted by atomic mass is 16.5. The number of pyridine rings is 1. The van der Waals surface area contributed by atoms with Gasteiger partial charge in [0.25, 0.3) is 5.91 Å². The van der Waals surface area contributed by atoms with E-state index in [4.69, 9.17) is 4.74 Å². The summed E-state index contributed by atoms with van der Waals surface area (Å²) in [5, 5.41) is 9.86. The maximum Gasteiger partial charge on any atom is 0.329 e. The van der Waals surface area contributed by atoms with Crippen molar-refractivity contribution in [2.24, 2.45) is 0 Å². The van der Waals surface area contributed by atoms with Crippen molar-refractivity contribution < 1.29 is 19.4 Å². The molecule has 146 valence electrons. The molecule has 28 heavy (non-hydrogen) atoms. The van der Waals surface area contributed by atoms with Crippen LogP contribution in [0.25, 0.3) is 11.1 Å². The summed E-state index contributed by atoms with van der Waals surface area (Å²) in [5.74, 6) is -0.321. The molecule has 0 atom stereocenters. The molecule has 0 spiro atoms. The number of nitrogens with zero attached hydrogens (tertiary/aromatic N) is 2. The quantitative estimate of drug-likeness (QED) is 0.878. The number of hydrogen-bond donors (Lipinski definition) is 1. The van der Waals surface area contributed by atoms with Gasteiger partial charge in [0.15, 0.2) is 0 Å². The second-order valence-electron chi connectivity index (χ2n) is 7.64. The number of aromatic nitrogens is 1. The summed E-state index contributed by atoms with van der Waals surface area (Å²) in [7, 11) is 1.60. The second-order valence-corrected chi connectivity index (χ2v) is 7.64. The molecule has 1 aliphatic carbocycles. The van der Waals surface area contributed by atoms with E-state index in [1.54, 1.807) is 19.3 Å². The van der Waals surface area contributed by atoms with Crippen molar-refractivity contribution in [3.05, 3.63) is 47.8 Å². The van der Waals surface area contributed by atoms with Crippen molar-refractivity contribution in [3.63, 3.8) is 0 Å². The summed E-state index contributed by atoms with van der Waals surface area (Å²) < 4.78 is 5.55. The molecule has 1 aromatic carbocycles. The third-order valence-corrected chi connectivity index (χ3v) is 6.03. The number of hydrogen-bond acceptors (Lipinski definition) is 4. The zero-order valence-electron chi connectivity index (χ0n) is 16.0. The Kier molecular flexibility index (Phi) is 4.79. The Morgan fingerprint density at radius 1 is 1.11 bits per heavy atom. The number of amides is 1. The minimum absolute atomic E-state index is 0.303. The van der Waals surface area contributed by atoms with E-state index in [2.05, 4.69) is 11.1 Å². The molecule has 0 unspecified atom stereocenters. The van der Waals surface area contributed by atoms with Crippen LogP contribution in [-0.2, 0) is 11.2 Å². The number of ether oxygens (including phenoxy) is 1. The van der Waals surface area contributed by atoms with Crippen molar-refractivity contribution in [1.29, 1.82) is 0 Å². The van der Waals surface area contributed by atoms with Crippen LogP contribution in [0.1, 0.15) is 48.0 Å². The summed E-state index contributed by atoms with van der Waals surface area (Å²) in [6.07, 6.45) is 7.73. The van der Waals surface area contributed by atoms with Gasteiger partial charge in [-0.1, -0.05) is 25.3 Å². The molecule has 2 heterocycles. The maximum absolute atomic E-state index is 13.1. The van der Waals surface area contributed by atoms with E-state index in [9.17, 15) is 14.7 Å². The molecule has 4 rings (SSSR count). The molecule has 2 aromatic rings. The van der Waals surface area contributed by atoms with E-state index in [-0.39, 0.29) is 5.91 Å². The Labute approximate surface area is 164 Å². The highest BCUT2D eigenvalue weighted by molar-refractivity contribution is 5.98. The van der Waals surface area contributed by atoms with Gasteiger partial charge in [-0.3, -0.25) is 9.78 Å². The first-order valence-electron chi connectivity index (χ1n) is 9.74. The topological polar surface area (TPSA) is 79.7 Å². The van der Waals surface area contributed by atoms with E-state index in [0.717, 1.165) is 48.1 Å². The van der Waals surface area contributed by atoms with Gasteiger partial charge in [0.1, 0.15) is 11.3 Å². The van der Waals surface area contributed by atoms with Crippen LogP contribution in [0.4, 0.5) is 0 Å². The molecular formula is C22H24N2O4. The lowest BCUT2D eigenvalue weighted by molar-refractivity contribution is -0.151. The summed E-state index contributed by atoms with van der Waals surface area (Å²) >= 11 is 0. The van der Waals surface area contributed by atoms with Gasteiger partial charge >= 0.3 is 5.97 Å². The Balaban J connectivity index is 1.63. The van der Waals surface area contributed by atoms with Crippen LogP contribution >= 0.6 is 0 Å². The lowest BCUT2D eigenvalue weighted by atomic mass is 9.80. The first kappa shape index (κ1) is 18.5. The first-order chi connectivity index (χ1) is 13.5. The minimum Gasteiger partial charge on any atom is -0.493 e. The highest BCUT2D eigenvalue weighted by Gasteiger charge is 2.45. The number of aliphatic carboxylic acids is 1. The fourth-order valence-electron chi connectivity index (χ4n) is 4.30. The maximum atomic E-state index is 13.1. The van der Waals surface area contributed by atoms with Gasteiger partial charge in [-0.2, -0.15) is 0 Å². The number of benzene rings is 1. The normalized spacial score (nSPS) is 17.5. The SMILES string of the molecule is CN(C(=O)c1cncc(-c2ccc3c(c2)CCO3)c1)C1(C(=O)O)CCCCC1.